The number of amides is 2. The Morgan fingerprint density at radius 2 is 1.44 bits per heavy atom. The van der Waals surface area contributed by atoms with Crippen LogP contribution in [0, 0.1) is 18.8 Å². The molecule has 0 aromatic heterocycles. The van der Waals surface area contributed by atoms with E-state index < -0.39 is 22.8 Å². The normalized spacial score (nSPS) is 23.1. The minimum atomic E-state index is -0.989. The van der Waals surface area contributed by atoms with E-state index in [9.17, 15) is 13.8 Å². The zero-order chi connectivity index (χ0) is 22.7. The van der Waals surface area contributed by atoms with E-state index in [1.54, 1.807) is 0 Å². The molecular weight excluding hydrogens is 422 g/mol. The molecule has 2 aromatic carbocycles. The van der Waals surface area contributed by atoms with Crippen LogP contribution in [0.25, 0.3) is 0 Å². The number of nitrogens with one attached hydrogen (secondary N) is 2. The van der Waals surface area contributed by atoms with Crippen molar-refractivity contribution >= 4 is 39.9 Å². The van der Waals surface area contributed by atoms with Crippen molar-refractivity contribution in [2.75, 3.05) is 27.2 Å². The van der Waals surface area contributed by atoms with Gasteiger partial charge in [0.05, 0.1) is 11.8 Å². The average Bonchev–Trinajstić information content (AvgIpc) is 3.18. The highest BCUT2D eigenvalue weighted by Crippen LogP contribution is 2.37. The van der Waals surface area contributed by atoms with E-state index in [0.29, 0.717) is 24.3 Å². The second-order valence-corrected chi connectivity index (χ2v) is 10.1. The molecule has 2 aliphatic rings. The molecule has 4 rings (SSSR count). The Hall–Kier alpha value is -2.93. The molecule has 6 nitrogen and oxygen atoms in total. The van der Waals surface area contributed by atoms with Crippen LogP contribution in [0.15, 0.2) is 60.7 Å². The summed E-state index contributed by atoms with van der Waals surface area (Å²) in [5, 5.41) is 5.88. The maximum Gasteiger partial charge on any atom is 0.228 e. The molecule has 2 N–H and O–H groups in total. The summed E-state index contributed by atoms with van der Waals surface area (Å²) in [5.74, 6) is -0.547. The van der Waals surface area contributed by atoms with Crippen molar-refractivity contribution in [2.45, 2.75) is 32.6 Å². The highest BCUT2D eigenvalue weighted by Gasteiger charge is 2.39. The Morgan fingerprint density at radius 1 is 0.906 bits per heavy atom. The van der Waals surface area contributed by atoms with E-state index in [1.807, 2.05) is 59.8 Å². The number of hydrogen-bond acceptors (Lipinski definition) is 3. The summed E-state index contributed by atoms with van der Waals surface area (Å²) >= 11 is 0. The summed E-state index contributed by atoms with van der Waals surface area (Å²) in [6.45, 7) is 6.79. The van der Waals surface area contributed by atoms with Gasteiger partial charge in [0.15, 0.2) is 0 Å². The number of benzene rings is 2. The first-order valence-corrected chi connectivity index (χ1v) is 12.3. The van der Waals surface area contributed by atoms with E-state index in [-0.39, 0.29) is 11.8 Å². The van der Waals surface area contributed by atoms with Crippen LogP contribution in [0.5, 0.6) is 0 Å². The molecule has 1 aliphatic carbocycles. The molecule has 1 saturated heterocycles. The van der Waals surface area contributed by atoms with Gasteiger partial charge in [-0.3, -0.25) is 13.9 Å². The van der Waals surface area contributed by atoms with Crippen LogP contribution in [0.2, 0.25) is 0 Å². The molecule has 3 atom stereocenters. The first kappa shape index (κ1) is 22.3. The van der Waals surface area contributed by atoms with Crippen LogP contribution in [0.3, 0.4) is 0 Å². The molecule has 1 saturated carbocycles. The fourth-order valence-electron chi connectivity index (χ4n) is 4.30. The number of hydrogen-bond donors (Lipinski definition) is 2. The van der Waals surface area contributed by atoms with E-state index in [2.05, 4.69) is 17.2 Å². The van der Waals surface area contributed by atoms with Gasteiger partial charge < -0.3 is 10.6 Å². The Balaban J connectivity index is 1.41. The molecule has 0 spiro atoms. The lowest BCUT2D eigenvalue weighted by Gasteiger charge is -2.27. The van der Waals surface area contributed by atoms with E-state index in [1.165, 1.54) is 0 Å². The topological polar surface area (TPSA) is 78.5 Å². The third-order valence-electron chi connectivity index (χ3n) is 6.09. The van der Waals surface area contributed by atoms with Crippen molar-refractivity contribution in [2.24, 2.45) is 11.8 Å². The van der Waals surface area contributed by atoms with Gasteiger partial charge in [0.2, 0.25) is 11.8 Å². The van der Waals surface area contributed by atoms with E-state index in [4.69, 9.17) is 0 Å². The van der Waals surface area contributed by atoms with Crippen molar-refractivity contribution in [3.05, 3.63) is 66.2 Å². The maximum atomic E-state index is 13.0. The van der Waals surface area contributed by atoms with Crippen LogP contribution in [0.4, 0.5) is 17.1 Å². The molecule has 1 aliphatic heterocycles. The molecule has 0 radical (unpaired) electrons. The lowest BCUT2D eigenvalue weighted by atomic mass is 9.94. The van der Waals surface area contributed by atoms with E-state index in [0.717, 1.165) is 41.9 Å². The minimum absolute atomic E-state index is 0.157. The Bertz CT molecular complexity index is 1030. The summed E-state index contributed by atoms with van der Waals surface area (Å²) in [6, 6.07) is 15.0. The van der Waals surface area contributed by atoms with Crippen LogP contribution in [0.1, 0.15) is 31.2 Å². The van der Waals surface area contributed by atoms with Crippen molar-refractivity contribution in [1.29, 1.82) is 0 Å². The number of anilines is 3. The highest BCUT2D eigenvalue weighted by molar-refractivity contribution is 7.86. The van der Waals surface area contributed by atoms with Gasteiger partial charge in [-0.2, -0.15) is 0 Å². The van der Waals surface area contributed by atoms with Gasteiger partial charge in [-0.1, -0.05) is 29.8 Å². The van der Waals surface area contributed by atoms with Crippen LogP contribution < -0.4 is 14.9 Å². The third kappa shape index (κ3) is 5.10. The number of carbonyl (C=O) groups excluding carboxylic acids is 2. The Morgan fingerprint density at radius 3 is 1.97 bits per heavy atom. The van der Waals surface area contributed by atoms with Crippen molar-refractivity contribution in [3.63, 3.8) is 0 Å². The number of nitrogens with zero attached hydrogens (tertiary/aromatic N) is 1. The number of aryl methyl sites for hydroxylation is 1. The first-order chi connectivity index (χ1) is 15.4. The zero-order valence-corrected chi connectivity index (χ0v) is 19.1. The van der Waals surface area contributed by atoms with Gasteiger partial charge >= 0.3 is 0 Å². The Labute approximate surface area is 191 Å². The standard InChI is InChI=1S/C25H29N3O3S/c1-17-5-7-19(8-6-17)26-24(29)22-15-18(2)16-23(22)25(30)27-20-9-11-21(12-10-20)28-13-3-4-14-32(28)31/h5-12,22-23H,2-4,13-16H2,1H3,(H,26,29)(H,27,30)/t22-,23-,32?/m0/s1. The molecule has 1 unspecified atom stereocenters. The van der Waals surface area contributed by atoms with Gasteiger partial charge in [-0.25, -0.2) is 4.21 Å². The maximum absolute atomic E-state index is 13.0. The summed E-state index contributed by atoms with van der Waals surface area (Å²) in [5.41, 5.74) is 4.31. The molecule has 2 aromatic rings. The smallest absolute Gasteiger partial charge is 0.228 e. The molecule has 1 heterocycles. The molecule has 168 valence electrons. The SMILES string of the molecule is C=C1C[C@H](C(=O)Nc2ccc(C)cc2)[C@@H](C(=O)Nc2ccc(N3CCCCS3=O)cc2)C1. The average molecular weight is 452 g/mol. The Kier molecular flexibility index (Phi) is 6.74. The van der Waals surface area contributed by atoms with Gasteiger partial charge in [-0.15, -0.1) is 0 Å². The van der Waals surface area contributed by atoms with Gasteiger partial charge in [0, 0.05) is 29.4 Å². The van der Waals surface area contributed by atoms with Crippen LogP contribution >= 0.6 is 0 Å². The molecular formula is C25H29N3O3S. The molecule has 7 heteroatoms. The first-order valence-electron chi connectivity index (χ1n) is 11.0. The quantitative estimate of drug-likeness (QED) is 0.661. The lowest BCUT2D eigenvalue weighted by molar-refractivity contribution is -0.128. The second-order valence-electron chi connectivity index (χ2n) is 8.60. The minimum Gasteiger partial charge on any atom is -0.326 e. The summed E-state index contributed by atoms with van der Waals surface area (Å²) < 4.78 is 14.1. The second kappa shape index (κ2) is 9.69. The monoisotopic (exact) mass is 451 g/mol. The van der Waals surface area contributed by atoms with Crippen LogP contribution in [-0.2, 0) is 20.6 Å². The van der Waals surface area contributed by atoms with Gasteiger partial charge in [-0.05, 0) is 69.0 Å². The van der Waals surface area contributed by atoms with Crippen LogP contribution in [-0.4, -0.2) is 28.3 Å². The zero-order valence-electron chi connectivity index (χ0n) is 18.3. The predicted octanol–water partition coefficient (Wildman–Crippen LogP) is 4.42. The fourth-order valence-corrected chi connectivity index (χ4v) is 5.66. The largest absolute Gasteiger partial charge is 0.326 e. The van der Waals surface area contributed by atoms with Gasteiger partial charge in [0.25, 0.3) is 0 Å². The molecule has 2 amide bonds. The number of carbonyl (C=O) groups is 2. The van der Waals surface area contributed by atoms with Gasteiger partial charge in [0.1, 0.15) is 11.0 Å². The lowest BCUT2D eigenvalue weighted by Crippen LogP contribution is -2.33. The van der Waals surface area contributed by atoms with Crippen molar-refractivity contribution in [1.82, 2.24) is 0 Å². The number of allylic oxidation sites excluding steroid dienone is 1. The fraction of sp³-hybridized carbons (Fsp3) is 0.360. The summed E-state index contributed by atoms with van der Waals surface area (Å²) in [4.78, 5) is 25.9. The molecule has 32 heavy (non-hydrogen) atoms. The van der Waals surface area contributed by atoms with Crippen molar-refractivity contribution in [3.8, 4) is 0 Å². The number of rotatable bonds is 5. The third-order valence-corrected chi connectivity index (χ3v) is 7.62. The van der Waals surface area contributed by atoms with E-state index >= 15 is 0 Å². The van der Waals surface area contributed by atoms with Crippen molar-refractivity contribution < 1.29 is 13.8 Å². The molecule has 0 bridgehead atoms. The highest BCUT2D eigenvalue weighted by atomic mass is 32.2. The summed E-state index contributed by atoms with van der Waals surface area (Å²) in [6.07, 6.45) is 3.03. The summed E-state index contributed by atoms with van der Waals surface area (Å²) in [7, 11) is -0.989. The molecule has 2 fully saturated rings. The predicted molar refractivity (Wildman–Crippen MR) is 130 cm³/mol.